The Morgan fingerprint density at radius 3 is 2.93 bits per heavy atom. The molecule has 27 heavy (non-hydrogen) atoms. The second-order valence-corrected chi connectivity index (χ2v) is 6.44. The Balaban J connectivity index is 1.63. The van der Waals surface area contributed by atoms with Crippen molar-refractivity contribution in [2.24, 2.45) is 0 Å². The maximum Gasteiger partial charge on any atom is 0.254 e. The van der Waals surface area contributed by atoms with Crippen LogP contribution in [0.1, 0.15) is 16.8 Å². The molecule has 2 aromatic heterocycles. The highest BCUT2D eigenvalue weighted by atomic mass is 19.1. The highest BCUT2D eigenvalue weighted by molar-refractivity contribution is 5.49. The predicted molar refractivity (Wildman–Crippen MR) is 98.9 cm³/mol. The van der Waals surface area contributed by atoms with Gasteiger partial charge < -0.3 is 9.72 Å². The molecule has 3 aromatic rings. The van der Waals surface area contributed by atoms with Crippen molar-refractivity contribution < 1.29 is 9.13 Å². The van der Waals surface area contributed by atoms with E-state index in [9.17, 15) is 9.18 Å². The number of aromatic nitrogens is 3. The molecule has 3 heterocycles. The third-order valence-corrected chi connectivity index (χ3v) is 4.74. The fourth-order valence-corrected chi connectivity index (χ4v) is 3.36. The fourth-order valence-electron chi connectivity index (χ4n) is 3.36. The Kier molecular flexibility index (Phi) is 4.68. The summed E-state index contributed by atoms with van der Waals surface area (Å²) < 4.78 is 19.5. The fraction of sp³-hybridized carbons (Fsp3) is 0.250. The normalized spacial score (nSPS) is 14.0. The first-order valence-electron chi connectivity index (χ1n) is 8.73. The Labute approximate surface area is 155 Å². The number of hydrogen-bond donors (Lipinski definition) is 1. The third kappa shape index (κ3) is 3.46. The van der Waals surface area contributed by atoms with E-state index < -0.39 is 0 Å². The first-order chi connectivity index (χ1) is 13.2. The third-order valence-electron chi connectivity index (χ3n) is 4.74. The lowest BCUT2D eigenvalue weighted by atomic mass is 10.0. The van der Waals surface area contributed by atoms with E-state index >= 15 is 0 Å². The van der Waals surface area contributed by atoms with E-state index in [1.165, 1.54) is 13.2 Å². The Morgan fingerprint density at radius 2 is 2.15 bits per heavy atom. The second kappa shape index (κ2) is 7.28. The number of rotatable bonds is 4. The van der Waals surface area contributed by atoms with Gasteiger partial charge in [-0.3, -0.25) is 14.7 Å². The van der Waals surface area contributed by atoms with Crippen LogP contribution in [0.25, 0.3) is 11.5 Å². The predicted octanol–water partition coefficient (Wildman–Crippen LogP) is 2.54. The molecule has 0 radical (unpaired) electrons. The van der Waals surface area contributed by atoms with Gasteiger partial charge in [0, 0.05) is 37.0 Å². The molecule has 0 fully saturated rings. The van der Waals surface area contributed by atoms with Crippen molar-refractivity contribution in [1.29, 1.82) is 0 Å². The molecule has 1 aliphatic rings. The van der Waals surface area contributed by atoms with Crippen molar-refractivity contribution in [3.63, 3.8) is 0 Å². The standard InChI is InChI=1S/C20H19FN4O2/c1-27-18-7-4-5-15(21)14(18)11-25-10-8-13-17(12-25)23-19(24-20(13)26)16-6-2-3-9-22-16/h2-7,9H,8,10-12H2,1H3,(H,23,24,26). The molecule has 1 aliphatic heterocycles. The van der Waals surface area contributed by atoms with Crippen LogP contribution in [0.4, 0.5) is 4.39 Å². The molecule has 1 aromatic carbocycles. The smallest absolute Gasteiger partial charge is 0.254 e. The first kappa shape index (κ1) is 17.4. The summed E-state index contributed by atoms with van der Waals surface area (Å²) in [4.78, 5) is 26.2. The molecule has 0 unspecified atom stereocenters. The van der Waals surface area contributed by atoms with Gasteiger partial charge in [-0.25, -0.2) is 9.37 Å². The van der Waals surface area contributed by atoms with Gasteiger partial charge in [0.05, 0.1) is 12.8 Å². The minimum absolute atomic E-state index is 0.135. The Bertz CT molecular complexity index is 1020. The molecule has 4 rings (SSSR count). The van der Waals surface area contributed by atoms with Crippen LogP contribution >= 0.6 is 0 Å². The van der Waals surface area contributed by atoms with E-state index in [0.29, 0.717) is 60.1 Å². The number of hydrogen-bond acceptors (Lipinski definition) is 5. The van der Waals surface area contributed by atoms with Gasteiger partial charge in [-0.2, -0.15) is 0 Å². The number of nitrogens with one attached hydrogen (secondary N) is 1. The lowest BCUT2D eigenvalue weighted by Gasteiger charge is -2.28. The van der Waals surface area contributed by atoms with E-state index in [-0.39, 0.29) is 11.4 Å². The molecule has 0 spiro atoms. The lowest BCUT2D eigenvalue weighted by Crippen LogP contribution is -2.35. The van der Waals surface area contributed by atoms with Crippen LogP contribution in [-0.2, 0) is 19.5 Å². The average molecular weight is 366 g/mol. The van der Waals surface area contributed by atoms with Gasteiger partial charge in [-0.15, -0.1) is 0 Å². The van der Waals surface area contributed by atoms with Crippen LogP contribution in [0.2, 0.25) is 0 Å². The average Bonchev–Trinajstić information content (AvgIpc) is 2.70. The van der Waals surface area contributed by atoms with Gasteiger partial charge in [0.1, 0.15) is 17.3 Å². The number of halogens is 1. The van der Waals surface area contributed by atoms with Crippen LogP contribution < -0.4 is 10.3 Å². The molecule has 1 N–H and O–H groups in total. The van der Waals surface area contributed by atoms with Crippen molar-refractivity contribution in [2.45, 2.75) is 19.5 Å². The van der Waals surface area contributed by atoms with Crippen molar-refractivity contribution in [3.05, 3.63) is 75.6 Å². The monoisotopic (exact) mass is 366 g/mol. The van der Waals surface area contributed by atoms with E-state index in [2.05, 4.69) is 19.9 Å². The van der Waals surface area contributed by atoms with Crippen molar-refractivity contribution >= 4 is 0 Å². The zero-order valence-electron chi connectivity index (χ0n) is 14.9. The molecule has 7 heteroatoms. The number of benzene rings is 1. The lowest BCUT2D eigenvalue weighted by molar-refractivity contribution is 0.233. The summed E-state index contributed by atoms with van der Waals surface area (Å²) in [7, 11) is 1.53. The van der Waals surface area contributed by atoms with E-state index in [0.717, 1.165) is 0 Å². The summed E-state index contributed by atoms with van der Waals surface area (Å²) in [6, 6.07) is 10.3. The molecular weight excluding hydrogens is 347 g/mol. The summed E-state index contributed by atoms with van der Waals surface area (Å²) in [5, 5.41) is 0. The minimum atomic E-state index is -0.298. The molecule has 0 atom stereocenters. The highest BCUT2D eigenvalue weighted by Gasteiger charge is 2.23. The SMILES string of the molecule is COc1cccc(F)c1CN1CCc2c(nc(-c3ccccn3)[nH]c2=O)C1. The van der Waals surface area contributed by atoms with Gasteiger partial charge in [0.25, 0.3) is 5.56 Å². The largest absolute Gasteiger partial charge is 0.496 e. The van der Waals surface area contributed by atoms with Crippen molar-refractivity contribution in [2.75, 3.05) is 13.7 Å². The molecule has 0 bridgehead atoms. The van der Waals surface area contributed by atoms with Crippen molar-refractivity contribution in [1.82, 2.24) is 19.9 Å². The summed E-state index contributed by atoms with van der Waals surface area (Å²) >= 11 is 0. The molecule has 138 valence electrons. The number of methoxy groups -OCH3 is 1. The molecule has 0 saturated carbocycles. The summed E-state index contributed by atoms with van der Waals surface area (Å²) in [6.45, 7) is 1.51. The van der Waals surface area contributed by atoms with Gasteiger partial charge in [0.15, 0.2) is 5.82 Å². The molecule has 6 nitrogen and oxygen atoms in total. The zero-order chi connectivity index (χ0) is 18.8. The summed E-state index contributed by atoms with van der Waals surface area (Å²) in [5.41, 5.74) is 2.39. The van der Waals surface area contributed by atoms with Crippen LogP contribution in [0.5, 0.6) is 5.75 Å². The Morgan fingerprint density at radius 1 is 1.26 bits per heavy atom. The van der Waals surface area contributed by atoms with Crippen molar-refractivity contribution in [3.8, 4) is 17.3 Å². The maximum atomic E-state index is 14.3. The first-order valence-corrected chi connectivity index (χ1v) is 8.73. The number of nitrogens with zero attached hydrogens (tertiary/aromatic N) is 3. The molecule has 0 saturated heterocycles. The number of ether oxygens (including phenoxy) is 1. The molecule has 0 amide bonds. The van der Waals surface area contributed by atoms with E-state index in [4.69, 9.17) is 4.74 Å². The molecular formula is C20H19FN4O2. The van der Waals surface area contributed by atoms with Gasteiger partial charge in [-0.05, 0) is 30.7 Å². The quantitative estimate of drug-likeness (QED) is 0.768. The summed E-state index contributed by atoms with van der Waals surface area (Å²) in [6.07, 6.45) is 2.22. The zero-order valence-corrected chi connectivity index (χ0v) is 14.9. The van der Waals surface area contributed by atoms with Crippen LogP contribution in [0.15, 0.2) is 47.4 Å². The van der Waals surface area contributed by atoms with Gasteiger partial charge in [0.2, 0.25) is 0 Å². The summed E-state index contributed by atoms with van der Waals surface area (Å²) in [5.74, 6) is 0.673. The van der Waals surface area contributed by atoms with Gasteiger partial charge >= 0.3 is 0 Å². The number of aromatic amines is 1. The Hall–Kier alpha value is -3.06. The molecule has 0 aliphatic carbocycles. The minimum Gasteiger partial charge on any atom is -0.496 e. The van der Waals surface area contributed by atoms with E-state index in [1.54, 1.807) is 24.4 Å². The second-order valence-electron chi connectivity index (χ2n) is 6.44. The number of H-pyrrole nitrogens is 1. The van der Waals surface area contributed by atoms with E-state index in [1.807, 2.05) is 12.1 Å². The number of pyridine rings is 1. The topological polar surface area (TPSA) is 71.1 Å². The van der Waals surface area contributed by atoms with Crippen LogP contribution in [0, 0.1) is 5.82 Å². The van der Waals surface area contributed by atoms with Crippen LogP contribution in [0.3, 0.4) is 0 Å². The number of fused-ring (bicyclic) bond motifs is 1. The van der Waals surface area contributed by atoms with Crippen LogP contribution in [-0.4, -0.2) is 33.5 Å². The van der Waals surface area contributed by atoms with Gasteiger partial charge in [-0.1, -0.05) is 12.1 Å². The highest BCUT2D eigenvalue weighted by Crippen LogP contribution is 2.25. The maximum absolute atomic E-state index is 14.3.